The van der Waals surface area contributed by atoms with Crippen molar-refractivity contribution in [3.05, 3.63) is 40.9 Å². The Hall–Kier alpha value is -1.45. The Morgan fingerprint density at radius 3 is 2.69 bits per heavy atom. The van der Waals surface area contributed by atoms with Crippen LogP contribution in [0, 0.1) is 0 Å². The number of sulfonamides is 1. The van der Waals surface area contributed by atoms with Gasteiger partial charge in [0.2, 0.25) is 0 Å². The molecule has 0 radical (unpaired) electrons. The molecule has 0 saturated carbocycles. The van der Waals surface area contributed by atoms with E-state index in [1.54, 1.807) is 6.07 Å². The lowest BCUT2D eigenvalue weighted by atomic mass is 10.2. The Morgan fingerprint density at radius 1 is 1.23 bits per heavy atom. The molecule has 0 atom stereocenters. The Kier molecular flexibility index (Phi) is 4.79. The monoisotopic (exact) mass is 411 g/mol. The fourth-order valence-electron chi connectivity index (χ4n) is 3.07. The molecule has 2 aliphatic heterocycles. The van der Waals surface area contributed by atoms with Crippen molar-refractivity contribution in [3.63, 3.8) is 0 Å². The smallest absolute Gasteiger partial charge is 0.252 e. The van der Waals surface area contributed by atoms with Crippen LogP contribution in [0.4, 0.5) is 10.7 Å². The number of amidine groups is 1. The zero-order chi connectivity index (χ0) is 18.3. The maximum absolute atomic E-state index is 12.9. The van der Waals surface area contributed by atoms with E-state index in [4.69, 9.17) is 16.3 Å². The second kappa shape index (κ2) is 6.94. The zero-order valence-corrected chi connectivity index (χ0v) is 16.6. The molecule has 0 amide bonds. The molecule has 2 aromatic rings. The van der Waals surface area contributed by atoms with E-state index >= 15 is 0 Å². The summed E-state index contributed by atoms with van der Waals surface area (Å²) in [5.74, 6) is 0.794. The molecule has 0 unspecified atom stereocenters. The van der Waals surface area contributed by atoms with E-state index in [1.807, 2.05) is 36.1 Å². The number of morpholine rings is 1. The highest BCUT2D eigenvalue weighted by Crippen LogP contribution is 2.40. The van der Waals surface area contributed by atoms with Gasteiger partial charge in [-0.25, -0.2) is 13.4 Å². The van der Waals surface area contributed by atoms with Crippen LogP contribution in [0.5, 0.6) is 0 Å². The van der Waals surface area contributed by atoms with Gasteiger partial charge in [-0.2, -0.15) is 4.31 Å². The number of nitrogens with zero attached hydrogens (tertiary/aromatic N) is 3. The number of benzene rings is 1. The van der Waals surface area contributed by atoms with Gasteiger partial charge in [-0.1, -0.05) is 23.7 Å². The number of hydrogen-bond acceptors (Lipinski definition) is 6. The molecule has 1 fully saturated rings. The predicted molar refractivity (Wildman–Crippen MR) is 104 cm³/mol. The number of hydrogen-bond donors (Lipinski definition) is 0. The lowest BCUT2D eigenvalue weighted by Crippen LogP contribution is -2.40. The van der Waals surface area contributed by atoms with E-state index in [0.717, 1.165) is 22.1 Å². The third kappa shape index (κ3) is 3.16. The zero-order valence-electron chi connectivity index (χ0n) is 14.2. The van der Waals surface area contributed by atoms with Crippen molar-refractivity contribution in [1.29, 1.82) is 0 Å². The fraction of sp³-hybridized carbons (Fsp3) is 0.353. The minimum Gasteiger partial charge on any atom is -0.379 e. The summed E-state index contributed by atoms with van der Waals surface area (Å²) in [4.78, 5) is 6.62. The van der Waals surface area contributed by atoms with Gasteiger partial charge >= 0.3 is 0 Å². The van der Waals surface area contributed by atoms with Crippen LogP contribution in [0.25, 0.3) is 0 Å². The van der Waals surface area contributed by atoms with Crippen LogP contribution < -0.4 is 4.90 Å². The molecule has 138 valence electrons. The molecule has 2 aliphatic rings. The number of thiophene rings is 1. The number of anilines is 1. The van der Waals surface area contributed by atoms with Gasteiger partial charge in [0.15, 0.2) is 0 Å². The standard InChI is InChI=1S/C17H18ClN3O3S2/c1-12-19-17-13(11-21(12)15-5-3-2-4-14(15)18)10-16(25-17)26(22,23)20-6-8-24-9-7-20/h2-5,10H,6-9,11H2,1H3. The van der Waals surface area contributed by atoms with Gasteiger partial charge in [-0.05, 0) is 25.1 Å². The van der Waals surface area contributed by atoms with Crippen molar-refractivity contribution in [2.24, 2.45) is 4.99 Å². The van der Waals surface area contributed by atoms with E-state index in [1.165, 1.54) is 15.6 Å². The van der Waals surface area contributed by atoms with Crippen molar-refractivity contribution in [2.45, 2.75) is 17.7 Å². The second-order valence-corrected chi connectivity index (χ2v) is 9.71. The highest BCUT2D eigenvalue weighted by atomic mass is 35.5. The number of rotatable bonds is 3. The highest BCUT2D eigenvalue weighted by Gasteiger charge is 2.31. The van der Waals surface area contributed by atoms with Crippen molar-refractivity contribution in [3.8, 4) is 0 Å². The van der Waals surface area contributed by atoms with Gasteiger partial charge in [0.1, 0.15) is 15.0 Å². The van der Waals surface area contributed by atoms with Gasteiger partial charge in [-0.3, -0.25) is 0 Å². The first-order valence-corrected chi connectivity index (χ1v) is 10.9. The van der Waals surface area contributed by atoms with E-state index in [0.29, 0.717) is 42.1 Å². The van der Waals surface area contributed by atoms with Gasteiger partial charge in [0, 0.05) is 18.7 Å². The molecule has 9 heteroatoms. The van der Waals surface area contributed by atoms with E-state index in [2.05, 4.69) is 4.99 Å². The molecule has 0 N–H and O–H groups in total. The Balaban J connectivity index is 1.67. The van der Waals surface area contributed by atoms with E-state index in [9.17, 15) is 8.42 Å². The number of halogens is 1. The summed E-state index contributed by atoms with van der Waals surface area (Å²) in [6, 6.07) is 9.31. The molecule has 26 heavy (non-hydrogen) atoms. The van der Waals surface area contributed by atoms with E-state index in [-0.39, 0.29) is 0 Å². The average molecular weight is 412 g/mol. The van der Waals surface area contributed by atoms with Gasteiger partial charge in [0.25, 0.3) is 10.0 Å². The van der Waals surface area contributed by atoms with Crippen molar-refractivity contribution in [1.82, 2.24) is 4.31 Å². The molecule has 1 saturated heterocycles. The average Bonchev–Trinajstić information content (AvgIpc) is 3.06. The maximum atomic E-state index is 12.9. The van der Waals surface area contributed by atoms with Crippen LogP contribution in [0.15, 0.2) is 39.5 Å². The second-order valence-electron chi connectivity index (χ2n) is 6.11. The summed E-state index contributed by atoms with van der Waals surface area (Å²) in [6.45, 7) is 4.09. The Morgan fingerprint density at radius 2 is 1.96 bits per heavy atom. The summed E-state index contributed by atoms with van der Waals surface area (Å²) >= 11 is 7.54. The van der Waals surface area contributed by atoms with Crippen LogP contribution in [0.3, 0.4) is 0 Å². The highest BCUT2D eigenvalue weighted by molar-refractivity contribution is 7.91. The molecule has 0 bridgehead atoms. The summed E-state index contributed by atoms with van der Waals surface area (Å²) in [5.41, 5.74) is 1.76. The maximum Gasteiger partial charge on any atom is 0.252 e. The first-order valence-electron chi connectivity index (χ1n) is 8.25. The van der Waals surface area contributed by atoms with Gasteiger partial charge in [-0.15, -0.1) is 11.3 Å². The summed E-state index contributed by atoms with van der Waals surface area (Å²) in [7, 11) is -3.51. The molecule has 0 spiro atoms. The Bertz CT molecular complexity index is 965. The first kappa shape index (κ1) is 17.9. The van der Waals surface area contributed by atoms with Crippen LogP contribution in [0.2, 0.25) is 5.02 Å². The van der Waals surface area contributed by atoms with Crippen LogP contribution in [-0.2, 0) is 21.3 Å². The van der Waals surface area contributed by atoms with Gasteiger partial charge in [0.05, 0.1) is 30.5 Å². The summed E-state index contributed by atoms with van der Waals surface area (Å²) < 4.78 is 32.9. The number of fused-ring (bicyclic) bond motifs is 1. The van der Waals surface area contributed by atoms with Crippen molar-refractivity contribution in [2.75, 3.05) is 31.2 Å². The largest absolute Gasteiger partial charge is 0.379 e. The van der Waals surface area contributed by atoms with E-state index < -0.39 is 10.0 Å². The molecule has 3 heterocycles. The third-order valence-corrected chi connectivity index (χ3v) is 8.19. The number of aliphatic imine (C=N–C) groups is 1. The van der Waals surface area contributed by atoms with Crippen molar-refractivity contribution < 1.29 is 13.2 Å². The molecule has 4 rings (SSSR count). The quantitative estimate of drug-likeness (QED) is 0.775. The number of ether oxygens (including phenoxy) is 1. The molecule has 1 aromatic carbocycles. The topological polar surface area (TPSA) is 62.2 Å². The van der Waals surface area contributed by atoms with Crippen LogP contribution in [-0.4, -0.2) is 44.9 Å². The fourth-order valence-corrected chi connectivity index (χ4v) is 6.28. The molecule has 1 aromatic heterocycles. The molecular formula is C17H18ClN3O3S2. The van der Waals surface area contributed by atoms with Crippen molar-refractivity contribution >= 4 is 49.5 Å². The third-order valence-electron chi connectivity index (χ3n) is 4.45. The first-order chi connectivity index (χ1) is 12.5. The summed E-state index contributed by atoms with van der Waals surface area (Å²) in [6.07, 6.45) is 0. The Labute approximate surface area is 161 Å². The minimum atomic E-state index is -3.51. The van der Waals surface area contributed by atoms with Gasteiger partial charge < -0.3 is 9.64 Å². The summed E-state index contributed by atoms with van der Waals surface area (Å²) in [5, 5.41) is 1.39. The number of para-hydroxylation sites is 1. The lowest BCUT2D eigenvalue weighted by molar-refractivity contribution is 0.0731. The van der Waals surface area contributed by atoms with Crippen LogP contribution >= 0.6 is 22.9 Å². The molecular weight excluding hydrogens is 394 g/mol. The molecule has 6 nitrogen and oxygen atoms in total. The normalized spacial score (nSPS) is 18.5. The molecule has 0 aliphatic carbocycles. The predicted octanol–water partition coefficient (Wildman–Crippen LogP) is 3.49. The van der Waals surface area contributed by atoms with Crippen LogP contribution in [0.1, 0.15) is 12.5 Å². The SMILES string of the molecule is CC1=Nc2sc(S(=O)(=O)N3CCOCC3)cc2CN1c1ccccc1Cl. The lowest BCUT2D eigenvalue weighted by Gasteiger charge is -2.28. The minimum absolute atomic E-state index is 0.335.